The first kappa shape index (κ1) is 13.9. The zero-order chi connectivity index (χ0) is 13.7. The van der Waals surface area contributed by atoms with Crippen LogP contribution in [0.4, 0.5) is 0 Å². The average Bonchev–Trinajstić information content (AvgIpc) is 2.34. The molecular weight excluding hydrogens is 240 g/mol. The second-order valence-corrected chi connectivity index (χ2v) is 3.68. The summed E-state index contributed by atoms with van der Waals surface area (Å²) in [6.45, 7) is 1.32. The predicted octanol–water partition coefficient (Wildman–Crippen LogP) is 0.793. The molecule has 8 nitrogen and oxygen atoms in total. The number of carboxylic acids is 1. The zero-order valence-electron chi connectivity index (χ0n) is 9.56. The van der Waals surface area contributed by atoms with Gasteiger partial charge in [0.1, 0.15) is 6.10 Å². The molecule has 0 aliphatic heterocycles. The largest absolute Gasteiger partial charge is 0.477 e. The van der Waals surface area contributed by atoms with Gasteiger partial charge in [-0.1, -0.05) is 5.11 Å². The molecule has 0 bridgehead atoms. The van der Waals surface area contributed by atoms with Gasteiger partial charge in [0.15, 0.2) is 5.69 Å². The summed E-state index contributed by atoms with van der Waals surface area (Å²) in [7, 11) is 0. The highest BCUT2D eigenvalue weighted by Crippen LogP contribution is 2.21. The van der Waals surface area contributed by atoms with Crippen molar-refractivity contribution in [2.45, 2.75) is 19.1 Å². The number of aryl methyl sites for hydroxylation is 1. The van der Waals surface area contributed by atoms with E-state index in [2.05, 4.69) is 15.0 Å². The minimum atomic E-state index is -1.48. The maximum absolute atomic E-state index is 10.9. The van der Waals surface area contributed by atoms with E-state index in [1.165, 1.54) is 12.3 Å². The number of carbonyl (C=O) groups is 1. The number of hydrogen-bond donors (Lipinski definition) is 3. The highest BCUT2D eigenvalue weighted by molar-refractivity contribution is 5.87. The number of aliphatic hydroxyl groups excluding tert-OH is 2. The summed E-state index contributed by atoms with van der Waals surface area (Å²) in [5, 5.41) is 31.4. The van der Waals surface area contributed by atoms with E-state index in [0.29, 0.717) is 5.56 Å². The van der Waals surface area contributed by atoms with Crippen molar-refractivity contribution in [3.63, 3.8) is 0 Å². The molecular formula is C10H12N4O4. The van der Waals surface area contributed by atoms with E-state index in [1.54, 1.807) is 6.92 Å². The molecule has 0 aromatic carbocycles. The minimum absolute atomic E-state index is 0.0110. The number of pyridine rings is 1. The van der Waals surface area contributed by atoms with E-state index in [0.717, 1.165) is 0 Å². The molecule has 0 aliphatic rings. The topological polar surface area (TPSA) is 139 Å². The van der Waals surface area contributed by atoms with Gasteiger partial charge in [-0.15, -0.1) is 0 Å². The number of carboxylic acid groups (broad SMARTS) is 1. The molecule has 96 valence electrons. The van der Waals surface area contributed by atoms with Crippen LogP contribution in [-0.2, 0) is 0 Å². The Labute approximate surface area is 102 Å². The van der Waals surface area contributed by atoms with E-state index in [1.807, 2.05) is 0 Å². The molecule has 1 aromatic heterocycles. The molecule has 3 N–H and O–H groups in total. The van der Waals surface area contributed by atoms with Gasteiger partial charge >= 0.3 is 5.97 Å². The number of aliphatic hydroxyl groups is 2. The van der Waals surface area contributed by atoms with Crippen LogP contribution in [0.2, 0.25) is 0 Å². The van der Waals surface area contributed by atoms with Crippen LogP contribution in [-0.4, -0.2) is 38.9 Å². The molecule has 0 fully saturated rings. The standard InChI is InChI=1S/C10H12N4O4/c1-5-2-6(8(10(17)18)12-3-5)9(16)7(15)4-13-14-11/h2-3,7,9,15-16H,4H2,1H3,(H,17,18). The number of azide groups is 1. The van der Waals surface area contributed by atoms with Gasteiger partial charge in [-0.3, -0.25) is 0 Å². The number of hydrogen-bond acceptors (Lipinski definition) is 5. The molecule has 2 atom stereocenters. The summed E-state index contributed by atoms with van der Waals surface area (Å²) in [5.41, 5.74) is 8.41. The van der Waals surface area contributed by atoms with Gasteiger partial charge in [-0.25, -0.2) is 9.78 Å². The normalized spacial score (nSPS) is 13.5. The van der Waals surface area contributed by atoms with Crippen molar-refractivity contribution in [1.29, 1.82) is 0 Å². The molecule has 1 rings (SSSR count). The van der Waals surface area contributed by atoms with E-state index in [-0.39, 0.29) is 17.8 Å². The van der Waals surface area contributed by atoms with Gasteiger partial charge in [-0.05, 0) is 24.1 Å². The van der Waals surface area contributed by atoms with Crippen LogP contribution < -0.4 is 0 Å². The third kappa shape index (κ3) is 3.17. The molecule has 0 amide bonds. The fourth-order valence-corrected chi connectivity index (χ4v) is 1.42. The van der Waals surface area contributed by atoms with Crippen LogP contribution in [0, 0.1) is 6.92 Å². The van der Waals surface area contributed by atoms with Gasteiger partial charge in [0.05, 0.1) is 12.6 Å². The fourth-order valence-electron chi connectivity index (χ4n) is 1.42. The van der Waals surface area contributed by atoms with Crippen LogP contribution in [0.3, 0.4) is 0 Å². The van der Waals surface area contributed by atoms with Gasteiger partial charge in [0.25, 0.3) is 0 Å². The summed E-state index contributed by atoms with van der Waals surface area (Å²) in [6.07, 6.45) is -1.52. The Morgan fingerprint density at radius 1 is 1.61 bits per heavy atom. The highest BCUT2D eigenvalue weighted by atomic mass is 16.4. The lowest BCUT2D eigenvalue weighted by molar-refractivity contribution is 0.0229. The summed E-state index contributed by atoms with van der Waals surface area (Å²) >= 11 is 0. The third-order valence-corrected chi connectivity index (χ3v) is 2.27. The molecule has 0 radical (unpaired) electrons. The SMILES string of the molecule is Cc1cnc(C(=O)O)c(C(O)C(O)CN=[N+]=[N-])c1. The molecule has 1 aromatic rings. The average molecular weight is 252 g/mol. The van der Waals surface area contributed by atoms with Crippen LogP contribution in [0.25, 0.3) is 10.4 Å². The van der Waals surface area contributed by atoms with Crippen molar-refractivity contribution in [2.75, 3.05) is 6.54 Å². The Hall–Kier alpha value is -2.15. The lowest BCUT2D eigenvalue weighted by atomic mass is 10.0. The quantitative estimate of drug-likeness (QED) is 0.403. The number of aromatic nitrogens is 1. The van der Waals surface area contributed by atoms with Gasteiger partial charge in [-0.2, -0.15) is 0 Å². The monoisotopic (exact) mass is 252 g/mol. The Morgan fingerprint density at radius 2 is 2.28 bits per heavy atom. The van der Waals surface area contributed by atoms with Gasteiger partial charge in [0, 0.05) is 16.7 Å². The van der Waals surface area contributed by atoms with Crippen molar-refractivity contribution >= 4 is 5.97 Å². The molecule has 0 saturated heterocycles. The lowest BCUT2D eigenvalue weighted by Crippen LogP contribution is -2.23. The second-order valence-electron chi connectivity index (χ2n) is 3.68. The van der Waals surface area contributed by atoms with E-state index >= 15 is 0 Å². The molecule has 0 saturated carbocycles. The van der Waals surface area contributed by atoms with Crippen LogP contribution in [0.5, 0.6) is 0 Å². The Balaban J connectivity index is 3.10. The molecule has 2 unspecified atom stereocenters. The first-order valence-electron chi connectivity index (χ1n) is 5.04. The van der Waals surface area contributed by atoms with E-state index in [9.17, 15) is 15.0 Å². The zero-order valence-corrected chi connectivity index (χ0v) is 9.56. The Bertz CT molecular complexity index is 499. The fraction of sp³-hybridized carbons (Fsp3) is 0.400. The van der Waals surface area contributed by atoms with Gasteiger partial charge < -0.3 is 15.3 Å². The maximum atomic E-state index is 10.9. The Morgan fingerprint density at radius 3 is 2.83 bits per heavy atom. The third-order valence-electron chi connectivity index (χ3n) is 2.27. The van der Waals surface area contributed by atoms with E-state index < -0.39 is 18.2 Å². The maximum Gasteiger partial charge on any atom is 0.354 e. The number of rotatable bonds is 5. The summed E-state index contributed by atoms with van der Waals surface area (Å²) < 4.78 is 0. The van der Waals surface area contributed by atoms with Crippen molar-refractivity contribution in [3.8, 4) is 0 Å². The minimum Gasteiger partial charge on any atom is -0.477 e. The van der Waals surface area contributed by atoms with Gasteiger partial charge in [0.2, 0.25) is 0 Å². The highest BCUT2D eigenvalue weighted by Gasteiger charge is 2.24. The Kier molecular flexibility index (Phi) is 4.61. The smallest absolute Gasteiger partial charge is 0.354 e. The number of nitrogens with zero attached hydrogens (tertiary/aromatic N) is 4. The van der Waals surface area contributed by atoms with Crippen LogP contribution in [0.15, 0.2) is 17.4 Å². The summed E-state index contributed by atoms with van der Waals surface area (Å²) in [6, 6.07) is 1.42. The molecule has 1 heterocycles. The van der Waals surface area contributed by atoms with Crippen molar-refractivity contribution in [2.24, 2.45) is 5.11 Å². The van der Waals surface area contributed by atoms with Crippen molar-refractivity contribution < 1.29 is 20.1 Å². The first-order valence-corrected chi connectivity index (χ1v) is 5.04. The molecule has 0 aliphatic carbocycles. The molecule has 8 heteroatoms. The van der Waals surface area contributed by atoms with Crippen molar-refractivity contribution in [1.82, 2.24) is 4.98 Å². The van der Waals surface area contributed by atoms with Crippen molar-refractivity contribution in [3.05, 3.63) is 39.5 Å². The molecule has 18 heavy (non-hydrogen) atoms. The summed E-state index contributed by atoms with van der Waals surface area (Å²) in [5.74, 6) is -1.31. The lowest BCUT2D eigenvalue weighted by Gasteiger charge is -2.18. The second kappa shape index (κ2) is 5.97. The van der Waals surface area contributed by atoms with Crippen LogP contribution >= 0.6 is 0 Å². The number of aromatic carboxylic acids is 1. The predicted molar refractivity (Wildman–Crippen MR) is 60.9 cm³/mol. The first-order chi connectivity index (χ1) is 8.47. The molecule has 0 spiro atoms. The van der Waals surface area contributed by atoms with Crippen LogP contribution in [0.1, 0.15) is 27.7 Å². The summed E-state index contributed by atoms with van der Waals surface area (Å²) in [4.78, 5) is 17.1. The van der Waals surface area contributed by atoms with E-state index in [4.69, 9.17) is 10.6 Å².